The summed E-state index contributed by atoms with van der Waals surface area (Å²) in [6.45, 7) is 7.36. The summed E-state index contributed by atoms with van der Waals surface area (Å²) in [7, 11) is 1.99. The summed E-state index contributed by atoms with van der Waals surface area (Å²) >= 11 is 0. The zero-order valence-corrected chi connectivity index (χ0v) is 24.1. The molecule has 4 rings (SSSR count). The topological polar surface area (TPSA) is 40.6 Å². The Morgan fingerprint density at radius 2 is 1.66 bits per heavy atom. The molecule has 1 saturated heterocycles. The Hall–Kier alpha value is -2.62. The molecule has 1 aliphatic carbocycles. The summed E-state index contributed by atoms with van der Waals surface area (Å²) in [6.07, 6.45) is 22.0. The average molecular weight is 517 g/mol. The number of rotatable bonds is 14. The van der Waals surface area contributed by atoms with Gasteiger partial charge in [-0.3, -0.25) is 9.59 Å². The molecule has 4 nitrogen and oxygen atoms in total. The molecule has 4 heteroatoms. The summed E-state index contributed by atoms with van der Waals surface area (Å²) in [4.78, 5) is 29.1. The van der Waals surface area contributed by atoms with Crippen LogP contribution in [0, 0.1) is 0 Å². The Balaban J connectivity index is 1.42. The molecular formula is C34H48N2O2. The molecule has 1 heterocycles. The van der Waals surface area contributed by atoms with Gasteiger partial charge in [0, 0.05) is 26.7 Å². The van der Waals surface area contributed by atoms with E-state index in [2.05, 4.69) is 66.1 Å². The second-order valence-electron chi connectivity index (χ2n) is 11.9. The van der Waals surface area contributed by atoms with Crippen LogP contribution in [0.5, 0.6) is 0 Å². The molecule has 2 aliphatic rings. The van der Waals surface area contributed by atoms with Crippen molar-refractivity contribution in [2.45, 2.75) is 103 Å². The molecule has 0 unspecified atom stereocenters. The molecule has 1 aliphatic heterocycles. The number of piperidine rings is 1. The Morgan fingerprint density at radius 1 is 0.921 bits per heavy atom. The number of unbranched alkanes of at least 4 members (excludes halogenated alkanes) is 3. The van der Waals surface area contributed by atoms with Crippen LogP contribution in [0.3, 0.4) is 0 Å². The summed E-state index contributed by atoms with van der Waals surface area (Å²) in [5, 5.41) is 0. The molecule has 1 atom stereocenters. The number of nitrogens with zero attached hydrogens (tertiary/aromatic N) is 2. The molecule has 0 radical (unpaired) electrons. The molecule has 0 spiro atoms. The third kappa shape index (κ3) is 6.68. The maximum Gasteiger partial charge on any atom is 0.253 e. The van der Waals surface area contributed by atoms with E-state index in [4.69, 9.17) is 0 Å². The normalized spacial score (nSPS) is 17.4. The fourth-order valence-corrected chi connectivity index (χ4v) is 6.55. The monoisotopic (exact) mass is 516 g/mol. The molecule has 0 amide bonds. The zero-order valence-electron chi connectivity index (χ0n) is 24.1. The Bertz CT molecular complexity index is 1180. The highest BCUT2D eigenvalue weighted by Crippen LogP contribution is 2.38. The summed E-state index contributed by atoms with van der Waals surface area (Å²) in [5.74, 6) is 0. The van der Waals surface area contributed by atoms with Gasteiger partial charge in [-0.05, 0) is 79.9 Å². The molecule has 2 aromatic rings. The van der Waals surface area contributed by atoms with E-state index in [1.165, 1.54) is 48.8 Å². The highest BCUT2D eigenvalue weighted by molar-refractivity contribution is 5.76. The van der Waals surface area contributed by atoms with E-state index in [-0.39, 0.29) is 16.3 Å². The first-order valence-corrected chi connectivity index (χ1v) is 15.2. The summed E-state index contributed by atoms with van der Waals surface area (Å²) in [6, 6.07) is 9.11. The second-order valence-corrected chi connectivity index (χ2v) is 11.9. The van der Waals surface area contributed by atoms with Gasteiger partial charge in [0.25, 0.3) is 10.9 Å². The number of allylic oxidation sites excluding steroid dienone is 4. The molecule has 2 aromatic carbocycles. The van der Waals surface area contributed by atoms with Crippen LogP contribution >= 0.6 is 0 Å². The molecule has 0 aromatic heterocycles. The van der Waals surface area contributed by atoms with E-state index in [1.807, 2.05) is 7.05 Å². The Morgan fingerprint density at radius 3 is 2.37 bits per heavy atom. The van der Waals surface area contributed by atoms with Gasteiger partial charge in [0.05, 0.1) is 0 Å². The van der Waals surface area contributed by atoms with Gasteiger partial charge in [0.15, 0.2) is 0 Å². The van der Waals surface area contributed by atoms with Crippen molar-refractivity contribution in [2.75, 3.05) is 36.5 Å². The summed E-state index contributed by atoms with van der Waals surface area (Å²) < 4.78 is 0. The van der Waals surface area contributed by atoms with Gasteiger partial charge in [-0.15, -0.1) is 0 Å². The van der Waals surface area contributed by atoms with Crippen molar-refractivity contribution in [3.05, 3.63) is 79.6 Å². The van der Waals surface area contributed by atoms with Crippen molar-refractivity contribution in [3.63, 3.8) is 0 Å². The molecule has 1 fully saturated rings. The molecule has 0 bridgehead atoms. The van der Waals surface area contributed by atoms with E-state index in [1.54, 1.807) is 0 Å². The zero-order chi connectivity index (χ0) is 27.0. The van der Waals surface area contributed by atoms with Crippen LogP contribution in [-0.2, 0) is 11.8 Å². The van der Waals surface area contributed by atoms with Gasteiger partial charge < -0.3 is 9.80 Å². The van der Waals surface area contributed by atoms with Gasteiger partial charge in [0.1, 0.15) is 11.4 Å². The Kier molecular flexibility index (Phi) is 10.0. The van der Waals surface area contributed by atoms with Crippen molar-refractivity contribution < 1.29 is 0 Å². The first-order chi connectivity index (χ1) is 18.4. The predicted octanol–water partition coefficient (Wildman–Crippen LogP) is 7.24. The van der Waals surface area contributed by atoms with Gasteiger partial charge in [-0.1, -0.05) is 82.0 Å². The van der Waals surface area contributed by atoms with E-state index in [9.17, 15) is 9.59 Å². The lowest BCUT2D eigenvalue weighted by atomic mass is 9.72. The van der Waals surface area contributed by atoms with Crippen molar-refractivity contribution in [1.29, 1.82) is 0 Å². The largest absolute Gasteiger partial charge is 0.370 e. The first kappa shape index (κ1) is 28.4. The molecule has 0 N–H and O–H groups in total. The number of benzene rings is 1. The fourth-order valence-electron chi connectivity index (χ4n) is 6.55. The van der Waals surface area contributed by atoms with Crippen LogP contribution < -0.4 is 20.7 Å². The van der Waals surface area contributed by atoms with Crippen LogP contribution in [0.4, 0.5) is 11.4 Å². The second kappa shape index (κ2) is 13.4. The van der Waals surface area contributed by atoms with Crippen LogP contribution in [-0.4, -0.2) is 26.7 Å². The van der Waals surface area contributed by atoms with E-state index in [0.717, 1.165) is 71.0 Å². The molecule has 206 valence electrons. The number of hydrogen-bond acceptors (Lipinski definition) is 4. The van der Waals surface area contributed by atoms with E-state index >= 15 is 0 Å². The summed E-state index contributed by atoms with van der Waals surface area (Å²) in [5.41, 5.74) is 5.33. The van der Waals surface area contributed by atoms with Crippen molar-refractivity contribution >= 4 is 11.4 Å². The lowest BCUT2D eigenvalue weighted by Gasteiger charge is -2.34. The fraction of sp³-hybridized carbons (Fsp3) is 0.588. The van der Waals surface area contributed by atoms with Crippen LogP contribution in [0.15, 0.2) is 57.7 Å². The van der Waals surface area contributed by atoms with Crippen molar-refractivity contribution in [2.24, 2.45) is 0 Å². The Labute approximate surface area is 230 Å². The maximum absolute atomic E-state index is 12.5. The smallest absolute Gasteiger partial charge is 0.253 e. The lowest BCUT2D eigenvalue weighted by Crippen LogP contribution is -2.47. The minimum atomic E-state index is -0.294. The van der Waals surface area contributed by atoms with Crippen molar-refractivity contribution in [3.8, 4) is 0 Å². The van der Waals surface area contributed by atoms with Gasteiger partial charge >= 0.3 is 0 Å². The molecular weight excluding hydrogens is 468 g/mol. The highest BCUT2D eigenvalue weighted by Gasteiger charge is 2.30. The SMILES string of the molecule is CCCCC[C@](C)(CCCCN(C)c1c(N2CCCCC2)c(=O)c1=O)c1ccccc1CC1=CCCC=C1. The van der Waals surface area contributed by atoms with Gasteiger partial charge in [-0.25, -0.2) is 0 Å². The minimum Gasteiger partial charge on any atom is -0.370 e. The van der Waals surface area contributed by atoms with Crippen molar-refractivity contribution in [1.82, 2.24) is 0 Å². The van der Waals surface area contributed by atoms with Crippen LogP contribution in [0.25, 0.3) is 0 Å². The highest BCUT2D eigenvalue weighted by atomic mass is 16.2. The third-order valence-corrected chi connectivity index (χ3v) is 8.85. The third-order valence-electron chi connectivity index (χ3n) is 8.85. The van der Waals surface area contributed by atoms with Gasteiger partial charge in [-0.2, -0.15) is 0 Å². The van der Waals surface area contributed by atoms with E-state index in [0.29, 0.717) is 11.4 Å². The average Bonchev–Trinajstić information content (AvgIpc) is 2.95. The molecule has 0 saturated carbocycles. The quantitative estimate of drug-likeness (QED) is 0.196. The minimum absolute atomic E-state index is 0.143. The van der Waals surface area contributed by atoms with E-state index < -0.39 is 0 Å². The standard InChI is InChI=1S/C34H48N2O2/c1-4-5-12-21-34(2,29-20-11-10-19-28(29)26-27-17-8-6-9-18-27)22-13-16-23-35(3)30-31(33(38)32(30)37)36-24-14-7-15-25-36/h8,10-11,17-20H,4-7,9,12-16,21-26H2,1-3H3/t34-/m1/s1. The first-order valence-electron chi connectivity index (χ1n) is 15.2. The van der Waals surface area contributed by atoms with Gasteiger partial charge in [0.2, 0.25) is 0 Å². The predicted molar refractivity (Wildman–Crippen MR) is 163 cm³/mol. The molecule has 38 heavy (non-hydrogen) atoms. The van der Waals surface area contributed by atoms with Crippen LogP contribution in [0.2, 0.25) is 0 Å². The maximum atomic E-state index is 12.5. The lowest BCUT2D eigenvalue weighted by molar-refractivity contribution is 0.366. The number of hydrogen-bond donors (Lipinski definition) is 0. The van der Waals surface area contributed by atoms with Crippen LogP contribution in [0.1, 0.15) is 102 Å². The number of anilines is 2.